The zero-order valence-corrected chi connectivity index (χ0v) is 17.7. The Bertz CT molecular complexity index is 1030. The van der Waals surface area contributed by atoms with Crippen LogP contribution in [0.2, 0.25) is 0 Å². The van der Waals surface area contributed by atoms with Crippen LogP contribution in [0.15, 0.2) is 66.6 Å². The van der Waals surface area contributed by atoms with Crippen LogP contribution in [0.1, 0.15) is 33.3 Å². The quantitative estimate of drug-likeness (QED) is 0.400. The molecule has 0 radical (unpaired) electrons. The number of thiazole rings is 1. The van der Waals surface area contributed by atoms with Crippen molar-refractivity contribution in [3.63, 3.8) is 0 Å². The van der Waals surface area contributed by atoms with Crippen molar-refractivity contribution in [2.24, 2.45) is 0 Å². The topological polar surface area (TPSA) is 80.3 Å². The molecule has 2 aromatic carbocycles. The lowest BCUT2D eigenvalue weighted by Crippen LogP contribution is -2.26. The first-order valence-electron chi connectivity index (χ1n) is 9.41. The smallest absolute Gasteiger partial charge is 0.359 e. The largest absolute Gasteiger partial charge is 0.443 e. The molecule has 0 aliphatic heterocycles. The van der Waals surface area contributed by atoms with E-state index in [2.05, 4.69) is 22.2 Å². The molecule has 0 aliphatic rings. The molecule has 3 rings (SSSR count). The van der Waals surface area contributed by atoms with Crippen LogP contribution >= 0.6 is 11.3 Å². The third kappa shape index (κ3) is 5.55. The molecule has 1 heterocycles. The van der Waals surface area contributed by atoms with Gasteiger partial charge in [-0.25, -0.2) is 9.78 Å². The van der Waals surface area contributed by atoms with Gasteiger partial charge in [0.25, 0.3) is 5.91 Å². The molecule has 154 valence electrons. The van der Waals surface area contributed by atoms with Gasteiger partial charge in [0.15, 0.2) is 10.8 Å². The number of rotatable bonds is 8. The average molecular weight is 422 g/mol. The standard InChI is InChI=1S/C23H23N3O3S/c1-4-10-24-23-26-19(14-30-23)22(28)29-20(17-8-6-5-7-9-17)21(27)25-18-12-15(2)11-16(3)13-18/h4-9,11-14,20H,1,10H2,2-3H3,(H,24,26)(H,25,27). The first-order chi connectivity index (χ1) is 14.5. The number of nitrogens with one attached hydrogen (secondary N) is 2. The van der Waals surface area contributed by atoms with Crippen LogP contribution in [0.3, 0.4) is 0 Å². The molecule has 1 atom stereocenters. The van der Waals surface area contributed by atoms with Crippen molar-refractivity contribution in [1.29, 1.82) is 0 Å². The Morgan fingerprint density at radius 2 is 1.87 bits per heavy atom. The van der Waals surface area contributed by atoms with Gasteiger partial charge in [-0.05, 0) is 37.1 Å². The summed E-state index contributed by atoms with van der Waals surface area (Å²) in [6.45, 7) is 8.08. The van der Waals surface area contributed by atoms with Crippen LogP contribution in [-0.4, -0.2) is 23.4 Å². The predicted molar refractivity (Wildman–Crippen MR) is 120 cm³/mol. The molecule has 7 heteroatoms. The van der Waals surface area contributed by atoms with E-state index in [4.69, 9.17) is 4.74 Å². The highest BCUT2D eigenvalue weighted by Gasteiger charge is 2.27. The van der Waals surface area contributed by atoms with Crippen LogP contribution in [0.25, 0.3) is 0 Å². The minimum atomic E-state index is -1.11. The zero-order chi connectivity index (χ0) is 21.5. The number of hydrogen-bond donors (Lipinski definition) is 2. The Morgan fingerprint density at radius 1 is 1.17 bits per heavy atom. The molecule has 0 saturated heterocycles. The van der Waals surface area contributed by atoms with E-state index in [-0.39, 0.29) is 5.69 Å². The summed E-state index contributed by atoms with van der Waals surface area (Å²) in [6, 6.07) is 14.7. The summed E-state index contributed by atoms with van der Waals surface area (Å²) in [6.07, 6.45) is 0.591. The molecule has 0 fully saturated rings. The van der Waals surface area contributed by atoms with Gasteiger partial charge in [0.05, 0.1) is 0 Å². The number of hydrogen-bond acceptors (Lipinski definition) is 6. The number of carbonyl (C=O) groups excluding carboxylic acids is 2. The van der Waals surface area contributed by atoms with Gasteiger partial charge in [-0.1, -0.05) is 42.5 Å². The maximum atomic E-state index is 13.0. The van der Waals surface area contributed by atoms with Crippen LogP contribution in [0, 0.1) is 13.8 Å². The molecule has 0 aliphatic carbocycles. The number of amides is 1. The monoisotopic (exact) mass is 421 g/mol. The fourth-order valence-electron chi connectivity index (χ4n) is 2.93. The number of carbonyl (C=O) groups is 2. The highest BCUT2D eigenvalue weighted by molar-refractivity contribution is 7.13. The normalized spacial score (nSPS) is 11.4. The van der Waals surface area contributed by atoms with E-state index in [9.17, 15) is 9.59 Å². The van der Waals surface area contributed by atoms with Gasteiger partial charge in [0.2, 0.25) is 6.10 Å². The number of ether oxygens (including phenoxy) is 1. The number of aromatic nitrogens is 1. The third-order valence-electron chi connectivity index (χ3n) is 4.17. The van der Waals surface area contributed by atoms with Crippen LogP contribution in [0.4, 0.5) is 10.8 Å². The predicted octanol–water partition coefficient (Wildman–Crippen LogP) is 4.89. The maximum Gasteiger partial charge on any atom is 0.359 e. The van der Waals surface area contributed by atoms with Gasteiger partial charge < -0.3 is 15.4 Å². The average Bonchev–Trinajstić information content (AvgIpc) is 3.19. The number of aryl methyl sites for hydroxylation is 2. The van der Waals surface area contributed by atoms with Crippen molar-refractivity contribution >= 4 is 34.0 Å². The third-order valence-corrected chi connectivity index (χ3v) is 4.97. The Labute approximate surface area is 179 Å². The summed E-state index contributed by atoms with van der Waals surface area (Å²) in [7, 11) is 0. The molecule has 2 N–H and O–H groups in total. The Morgan fingerprint density at radius 3 is 2.53 bits per heavy atom. The van der Waals surface area contributed by atoms with Gasteiger partial charge in [0.1, 0.15) is 0 Å². The summed E-state index contributed by atoms with van der Waals surface area (Å²) in [5, 5.41) is 8.05. The molecule has 1 aromatic heterocycles. The summed E-state index contributed by atoms with van der Waals surface area (Å²) >= 11 is 1.28. The summed E-state index contributed by atoms with van der Waals surface area (Å²) in [5.41, 5.74) is 3.43. The van der Waals surface area contributed by atoms with E-state index in [1.807, 2.05) is 38.1 Å². The van der Waals surface area contributed by atoms with Gasteiger partial charge in [-0.15, -0.1) is 17.9 Å². The second kappa shape index (κ2) is 9.84. The fourth-order valence-corrected chi connectivity index (χ4v) is 3.62. The summed E-state index contributed by atoms with van der Waals surface area (Å²) in [5.74, 6) is -1.10. The lowest BCUT2D eigenvalue weighted by atomic mass is 10.1. The fraction of sp³-hybridized carbons (Fsp3) is 0.174. The lowest BCUT2D eigenvalue weighted by molar-refractivity contribution is -0.125. The lowest BCUT2D eigenvalue weighted by Gasteiger charge is -2.18. The Hall–Kier alpha value is -3.45. The molecular weight excluding hydrogens is 398 g/mol. The number of esters is 1. The van der Waals surface area contributed by atoms with E-state index in [0.717, 1.165) is 11.1 Å². The van der Waals surface area contributed by atoms with Gasteiger partial charge in [-0.3, -0.25) is 4.79 Å². The second-order valence-electron chi connectivity index (χ2n) is 6.77. The Kier molecular flexibility index (Phi) is 6.98. The van der Waals surface area contributed by atoms with Gasteiger partial charge in [0, 0.05) is 23.2 Å². The van der Waals surface area contributed by atoms with Crippen LogP contribution in [-0.2, 0) is 9.53 Å². The highest BCUT2D eigenvalue weighted by Crippen LogP contribution is 2.24. The van der Waals surface area contributed by atoms with Crippen molar-refractivity contribution in [1.82, 2.24) is 4.98 Å². The van der Waals surface area contributed by atoms with E-state index in [1.54, 1.807) is 35.7 Å². The second-order valence-corrected chi connectivity index (χ2v) is 7.63. The molecule has 6 nitrogen and oxygen atoms in total. The SMILES string of the molecule is C=CCNc1nc(C(=O)OC(C(=O)Nc2cc(C)cc(C)c2)c2ccccc2)cs1. The van der Waals surface area contributed by atoms with Gasteiger partial charge >= 0.3 is 5.97 Å². The number of benzene rings is 2. The highest BCUT2D eigenvalue weighted by atomic mass is 32.1. The van der Waals surface area contributed by atoms with Crippen LogP contribution < -0.4 is 10.6 Å². The van der Waals surface area contributed by atoms with E-state index < -0.39 is 18.0 Å². The van der Waals surface area contributed by atoms with E-state index >= 15 is 0 Å². The number of nitrogens with zero attached hydrogens (tertiary/aromatic N) is 1. The van der Waals surface area contributed by atoms with Gasteiger partial charge in [-0.2, -0.15) is 0 Å². The van der Waals surface area contributed by atoms with E-state index in [0.29, 0.717) is 22.9 Å². The maximum absolute atomic E-state index is 13.0. The molecule has 1 unspecified atom stereocenters. The molecule has 0 saturated carbocycles. The first kappa shape index (κ1) is 21.3. The molecule has 0 spiro atoms. The molecule has 0 bridgehead atoms. The van der Waals surface area contributed by atoms with Crippen molar-refractivity contribution in [3.05, 3.63) is 89.0 Å². The number of anilines is 2. The van der Waals surface area contributed by atoms with Crippen LogP contribution in [0.5, 0.6) is 0 Å². The minimum Gasteiger partial charge on any atom is -0.443 e. The molecule has 30 heavy (non-hydrogen) atoms. The van der Waals surface area contributed by atoms with Crippen molar-refractivity contribution < 1.29 is 14.3 Å². The van der Waals surface area contributed by atoms with Crippen molar-refractivity contribution in [2.75, 3.05) is 17.2 Å². The molecule has 1 amide bonds. The summed E-state index contributed by atoms with van der Waals surface area (Å²) < 4.78 is 5.58. The molecular formula is C23H23N3O3S. The van der Waals surface area contributed by atoms with Crippen molar-refractivity contribution in [3.8, 4) is 0 Å². The summed E-state index contributed by atoms with van der Waals surface area (Å²) in [4.78, 5) is 29.9. The molecule has 3 aromatic rings. The zero-order valence-electron chi connectivity index (χ0n) is 16.8. The first-order valence-corrected chi connectivity index (χ1v) is 10.3. The minimum absolute atomic E-state index is 0.145. The van der Waals surface area contributed by atoms with Crippen molar-refractivity contribution in [2.45, 2.75) is 20.0 Å². The Balaban J connectivity index is 1.80. The van der Waals surface area contributed by atoms with E-state index in [1.165, 1.54) is 11.3 Å².